The number of aryl methyl sites for hydroxylation is 1. The Morgan fingerprint density at radius 2 is 2.12 bits per heavy atom. The maximum atomic E-state index is 12.1. The topological polar surface area (TPSA) is 105 Å². The summed E-state index contributed by atoms with van der Waals surface area (Å²) < 4.78 is 10.8. The van der Waals surface area contributed by atoms with E-state index in [0.717, 1.165) is 5.56 Å². The third-order valence-corrected chi connectivity index (χ3v) is 4.49. The Morgan fingerprint density at radius 3 is 2.76 bits per heavy atom. The second-order valence-corrected chi connectivity index (χ2v) is 6.43. The molecule has 134 valence electrons. The number of carbonyl (C=O) groups is 1. The van der Waals surface area contributed by atoms with Crippen molar-refractivity contribution in [1.82, 2.24) is 10.3 Å². The highest BCUT2D eigenvalue weighted by Crippen LogP contribution is 2.37. The Kier molecular flexibility index (Phi) is 4.89. The van der Waals surface area contributed by atoms with Crippen molar-refractivity contribution in [2.45, 2.75) is 44.2 Å². The lowest BCUT2D eigenvalue weighted by Crippen LogP contribution is -2.59. The minimum Gasteiger partial charge on any atom is -0.448 e. The fourth-order valence-corrected chi connectivity index (χ4v) is 3.09. The molecule has 0 aliphatic carbocycles. The number of nitrogens with zero attached hydrogens (tertiary/aromatic N) is 1. The van der Waals surface area contributed by atoms with Gasteiger partial charge in [-0.3, -0.25) is 4.79 Å². The van der Waals surface area contributed by atoms with Crippen LogP contribution in [0.15, 0.2) is 41.0 Å². The van der Waals surface area contributed by atoms with Crippen molar-refractivity contribution in [2.75, 3.05) is 6.54 Å². The first-order valence-corrected chi connectivity index (χ1v) is 8.20. The lowest BCUT2D eigenvalue weighted by Gasteiger charge is -2.44. The summed E-state index contributed by atoms with van der Waals surface area (Å²) in [6, 6.07) is 9.50. The van der Waals surface area contributed by atoms with E-state index >= 15 is 0 Å². The van der Waals surface area contributed by atoms with Crippen molar-refractivity contribution in [1.29, 1.82) is 0 Å². The third kappa shape index (κ3) is 3.73. The predicted molar refractivity (Wildman–Crippen MR) is 88.9 cm³/mol. The molecule has 1 saturated heterocycles. The van der Waals surface area contributed by atoms with Gasteiger partial charge < -0.3 is 24.7 Å². The number of ether oxygens (including phenoxy) is 1. The SMILES string of the molecule is Cc1nc(C(=O)NC[C@]2(O)C[C@H](c3ccccc3)O[C@H](C)[C@H]2O)co1. The summed E-state index contributed by atoms with van der Waals surface area (Å²) in [5.74, 6) is -0.0828. The van der Waals surface area contributed by atoms with Crippen LogP contribution < -0.4 is 5.32 Å². The predicted octanol–water partition coefficient (Wildman–Crippen LogP) is 1.35. The van der Waals surface area contributed by atoms with Gasteiger partial charge in [0.25, 0.3) is 5.91 Å². The molecular formula is C18H22N2O5. The normalized spacial score (nSPS) is 29.4. The summed E-state index contributed by atoms with van der Waals surface area (Å²) in [6.45, 7) is 3.22. The molecule has 1 aliphatic heterocycles. The summed E-state index contributed by atoms with van der Waals surface area (Å²) in [6.07, 6.45) is -0.636. The van der Waals surface area contributed by atoms with Gasteiger partial charge in [-0.05, 0) is 12.5 Å². The van der Waals surface area contributed by atoms with Crippen LogP contribution in [0.4, 0.5) is 0 Å². The molecule has 4 atom stereocenters. The number of rotatable bonds is 4. The molecule has 2 heterocycles. The zero-order valence-corrected chi connectivity index (χ0v) is 14.2. The molecule has 0 spiro atoms. The van der Waals surface area contributed by atoms with Crippen LogP contribution in [0.2, 0.25) is 0 Å². The molecule has 1 aromatic heterocycles. The van der Waals surface area contributed by atoms with Crippen molar-refractivity contribution in [2.24, 2.45) is 0 Å². The summed E-state index contributed by atoms with van der Waals surface area (Å²) >= 11 is 0. The van der Waals surface area contributed by atoms with Gasteiger partial charge in [0.1, 0.15) is 18.0 Å². The molecule has 7 nitrogen and oxygen atoms in total. The van der Waals surface area contributed by atoms with Crippen LogP contribution in [0, 0.1) is 6.92 Å². The quantitative estimate of drug-likeness (QED) is 0.772. The van der Waals surface area contributed by atoms with E-state index in [1.54, 1.807) is 13.8 Å². The Hall–Kier alpha value is -2.22. The average molecular weight is 346 g/mol. The summed E-state index contributed by atoms with van der Waals surface area (Å²) in [5.41, 5.74) is -0.458. The van der Waals surface area contributed by atoms with Gasteiger partial charge in [0.15, 0.2) is 11.6 Å². The zero-order valence-electron chi connectivity index (χ0n) is 14.2. The molecule has 0 saturated carbocycles. The molecule has 2 aromatic rings. The first kappa shape index (κ1) is 17.6. The van der Waals surface area contributed by atoms with Gasteiger partial charge >= 0.3 is 0 Å². The maximum absolute atomic E-state index is 12.1. The highest BCUT2D eigenvalue weighted by Gasteiger charge is 2.47. The average Bonchev–Trinajstić information content (AvgIpc) is 3.05. The highest BCUT2D eigenvalue weighted by atomic mass is 16.5. The second kappa shape index (κ2) is 6.95. The first-order valence-electron chi connectivity index (χ1n) is 8.20. The molecule has 3 rings (SSSR count). The smallest absolute Gasteiger partial charge is 0.273 e. The molecule has 3 N–H and O–H groups in total. The molecule has 1 aromatic carbocycles. The van der Waals surface area contributed by atoms with Gasteiger partial charge in [-0.1, -0.05) is 30.3 Å². The Morgan fingerprint density at radius 1 is 1.40 bits per heavy atom. The number of carbonyl (C=O) groups excluding carboxylic acids is 1. The molecule has 25 heavy (non-hydrogen) atoms. The lowest BCUT2D eigenvalue weighted by molar-refractivity contribution is -0.210. The Bertz CT molecular complexity index is 732. The molecule has 0 unspecified atom stereocenters. The van der Waals surface area contributed by atoms with Crippen LogP contribution in [0.3, 0.4) is 0 Å². The van der Waals surface area contributed by atoms with E-state index in [1.807, 2.05) is 30.3 Å². The van der Waals surface area contributed by atoms with E-state index in [0.29, 0.717) is 5.89 Å². The lowest BCUT2D eigenvalue weighted by atomic mass is 9.82. The van der Waals surface area contributed by atoms with E-state index in [1.165, 1.54) is 6.26 Å². The number of aromatic nitrogens is 1. The number of aliphatic hydroxyl groups is 2. The molecule has 0 radical (unpaired) electrons. The molecule has 0 bridgehead atoms. The van der Waals surface area contributed by atoms with Gasteiger partial charge in [-0.15, -0.1) is 0 Å². The van der Waals surface area contributed by atoms with Gasteiger partial charge in [-0.2, -0.15) is 0 Å². The van der Waals surface area contributed by atoms with Crippen LogP contribution in [-0.2, 0) is 4.74 Å². The van der Waals surface area contributed by atoms with E-state index in [2.05, 4.69) is 10.3 Å². The fourth-order valence-electron chi connectivity index (χ4n) is 3.09. The zero-order chi connectivity index (χ0) is 18.0. The first-order chi connectivity index (χ1) is 11.9. The number of oxazole rings is 1. The number of hydrogen-bond acceptors (Lipinski definition) is 6. The van der Waals surface area contributed by atoms with Crippen molar-refractivity contribution in [3.8, 4) is 0 Å². The number of hydrogen-bond donors (Lipinski definition) is 3. The largest absolute Gasteiger partial charge is 0.448 e. The summed E-state index contributed by atoms with van der Waals surface area (Å²) in [4.78, 5) is 16.1. The Balaban J connectivity index is 1.72. The summed E-state index contributed by atoms with van der Waals surface area (Å²) in [5, 5.41) is 24.0. The van der Waals surface area contributed by atoms with Gasteiger partial charge in [0, 0.05) is 19.9 Å². The number of nitrogens with one attached hydrogen (secondary N) is 1. The maximum Gasteiger partial charge on any atom is 0.273 e. The number of benzene rings is 1. The van der Waals surface area contributed by atoms with E-state index in [4.69, 9.17) is 9.15 Å². The van der Waals surface area contributed by atoms with Crippen LogP contribution in [0.1, 0.15) is 41.4 Å². The van der Waals surface area contributed by atoms with Gasteiger partial charge in [0.2, 0.25) is 0 Å². The van der Waals surface area contributed by atoms with Gasteiger partial charge in [-0.25, -0.2) is 4.98 Å². The third-order valence-electron chi connectivity index (χ3n) is 4.49. The second-order valence-electron chi connectivity index (χ2n) is 6.43. The van der Waals surface area contributed by atoms with Crippen molar-refractivity contribution < 1.29 is 24.2 Å². The van der Waals surface area contributed by atoms with E-state index in [9.17, 15) is 15.0 Å². The fraction of sp³-hybridized carbons (Fsp3) is 0.444. The molecular weight excluding hydrogens is 324 g/mol. The number of amides is 1. The Labute approximate surface area is 145 Å². The van der Waals surface area contributed by atoms with E-state index < -0.39 is 23.7 Å². The highest BCUT2D eigenvalue weighted by molar-refractivity contribution is 5.91. The van der Waals surface area contributed by atoms with Crippen molar-refractivity contribution in [3.05, 3.63) is 53.7 Å². The van der Waals surface area contributed by atoms with Crippen LogP contribution in [-0.4, -0.2) is 45.5 Å². The van der Waals surface area contributed by atoms with Gasteiger partial charge in [0.05, 0.1) is 12.2 Å². The molecule has 1 aliphatic rings. The monoisotopic (exact) mass is 346 g/mol. The minimum absolute atomic E-state index is 0.115. The van der Waals surface area contributed by atoms with Crippen molar-refractivity contribution in [3.63, 3.8) is 0 Å². The standard InChI is InChI=1S/C18H22N2O5/c1-11-16(21)18(23,8-15(25-11)13-6-4-3-5-7-13)10-19-17(22)14-9-24-12(2)20-14/h3-7,9,11,15-16,21,23H,8,10H2,1-2H3,(H,19,22)/t11-,15-,16-,18-/m1/s1. The molecule has 7 heteroatoms. The minimum atomic E-state index is -1.51. The van der Waals surface area contributed by atoms with Crippen molar-refractivity contribution >= 4 is 5.91 Å². The van der Waals surface area contributed by atoms with E-state index in [-0.39, 0.29) is 24.8 Å². The van der Waals surface area contributed by atoms with Crippen LogP contribution in [0.25, 0.3) is 0 Å². The van der Waals surface area contributed by atoms with Crippen LogP contribution in [0.5, 0.6) is 0 Å². The van der Waals surface area contributed by atoms with Crippen LogP contribution >= 0.6 is 0 Å². The number of aliphatic hydroxyl groups excluding tert-OH is 1. The summed E-state index contributed by atoms with van der Waals surface area (Å²) in [7, 11) is 0. The molecule has 1 fully saturated rings. The molecule has 1 amide bonds.